The number of hydrogen-bond donors (Lipinski definition) is 0. The summed E-state index contributed by atoms with van der Waals surface area (Å²) >= 11 is 0. The first-order chi connectivity index (χ1) is 14.4. The molecular formula is C23H28N2O5. The van der Waals surface area contributed by atoms with Crippen molar-refractivity contribution in [1.82, 2.24) is 0 Å². The van der Waals surface area contributed by atoms with Gasteiger partial charge in [0.15, 0.2) is 0 Å². The van der Waals surface area contributed by atoms with E-state index in [1.165, 1.54) is 14.2 Å². The van der Waals surface area contributed by atoms with Gasteiger partial charge in [-0.05, 0) is 43.7 Å². The summed E-state index contributed by atoms with van der Waals surface area (Å²) in [5.41, 5.74) is 0.349. The first-order valence-electron chi connectivity index (χ1n) is 11.0. The molecule has 3 aliphatic carbocycles. The lowest BCUT2D eigenvalue weighted by Gasteiger charge is -2.71. The van der Waals surface area contributed by atoms with E-state index in [4.69, 9.17) is 9.47 Å². The first kappa shape index (κ1) is 18.6. The number of carbonyl (C=O) groups is 2. The normalized spacial score (nSPS) is 44.8. The molecule has 3 aliphatic heterocycles. The van der Waals surface area contributed by atoms with Crippen molar-refractivity contribution in [3.63, 3.8) is 0 Å². The summed E-state index contributed by atoms with van der Waals surface area (Å²) in [7, 11) is 2.82. The summed E-state index contributed by atoms with van der Waals surface area (Å²) in [6.07, 6.45) is 4.32. The van der Waals surface area contributed by atoms with E-state index in [9.17, 15) is 14.8 Å². The van der Waals surface area contributed by atoms with Crippen LogP contribution < -0.4 is 4.90 Å². The van der Waals surface area contributed by atoms with Crippen LogP contribution in [-0.4, -0.2) is 55.6 Å². The molecule has 1 aromatic carbocycles. The average molecular weight is 412 g/mol. The Morgan fingerprint density at radius 1 is 1.10 bits per heavy atom. The lowest BCUT2D eigenvalue weighted by molar-refractivity contribution is -0.911. The molecule has 7 heteroatoms. The number of rotatable bonds is 1. The minimum absolute atomic E-state index is 0.121. The number of nitrogens with zero attached hydrogens (tertiary/aromatic N) is 2. The summed E-state index contributed by atoms with van der Waals surface area (Å²) in [4.78, 5) is 28.2. The number of fused-ring (bicyclic) bond motifs is 3. The van der Waals surface area contributed by atoms with Gasteiger partial charge in [-0.25, -0.2) is 4.79 Å². The molecule has 3 spiro atoms. The van der Waals surface area contributed by atoms with Crippen LogP contribution >= 0.6 is 0 Å². The highest BCUT2D eigenvalue weighted by Gasteiger charge is 2.85. The maximum atomic E-state index is 14.2. The lowest BCUT2D eigenvalue weighted by Crippen LogP contribution is -2.81. The van der Waals surface area contributed by atoms with Crippen molar-refractivity contribution < 1.29 is 23.7 Å². The zero-order valence-corrected chi connectivity index (χ0v) is 17.6. The van der Waals surface area contributed by atoms with Crippen molar-refractivity contribution in [3.05, 3.63) is 35.0 Å². The number of amides is 1. The average Bonchev–Trinajstić information content (AvgIpc) is 3.24. The van der Waals surface area contributed by atoms with E-state index in [2.05, 4.69) is 6.07 Å². The van der Waals surface area contributed by atoms with Gasteiger partial charge in [0.1, 0.15) is 6.04 Å². The fraction of sp³-hybridized carbons (Fsp3) is 0.652. The molecule has 30 heavy (non-hydrogen) atoms. The third-order valence-corrected chi connectivity index (χ3v) is 9.44. The Morgan fingerprint density at radius 2 is 1.90 bits per heavy atom. The Balaban J connectivity index is 1.71. The molecule has 3 saturated carbocycles. The number of ether oxygens (including phenoxy) is 2. The highest BCUT2D eigenvalue weighted by atomic mass is 16.6. The fourth-order valence-electron chi connectivity index (χ4n) is 8.90. The molecule has 3 heterocycles. The molecule has 1 amide bonds. The van der Waals surface area contributed by atoms with Crippen LogP contribution in [0, 0.1) is 16.5 Å². The maximum absolute atomic E-state index is 14.2. The minimum Gasteiger partial charge on any atom is -0.633 e. The highest BCUT2D eigenvalue weighted by Crippen LogP contribution is 2.77. The Morgan fingerprint density at radius 3 is 2.67 bits per heavy atom. The molecule has 2 bridgehead atoms. The second kappa shape index (κ2) is 5.56. The van der Waals surface area contributed by atoms with Gasteiger partial charge in [0.05, 0.1) is 49.9 Å². The van der Waals surface area contributed by atoms with Crippen molar-refractivity contribution >= 4 is 17.7 Å². The SMILES string of the molecule is COC(=O)C1C[C@@]23CCC[N+]4([O-])CCC5(c6ccccc6N(C(=O)OC)[C@]15CC2)[C@H]34. The molecular weight excluding hydrogens is 384 g/mol. The van der Waals surface area contributed by atoms with E-state index in [0.717, 1.165) is 30.5 Å². The molecule has 6 atom stereocenters. The molecule has 0 radical (unpaired) electrons. The summed E-state index contributed by atoms with van der Waals surface area (Å²) in [5, 5.41) is 14.2. The Labute approximate surface area is 176 Å². The van der Waals surface area contributed by atoms with E-state index in [1.807, 2.05) is 18.2 Å². The number of piperidine rings is 1. The largest absolute Gasteiger partial charge is 0.633 e. The van der Waals surface area contributed by atoms with E-state index in [0.29, 0.717) is 32.4 Å². The van der Waals surface area contributed by atoms with Crippen LogP contribution in [0.5, 0.6) is 0 Å². The third kappa shape index (κ3) is 1.71. The standard InChI is InChI=1S/C23H28N2O5/c1-29-18(26)16-14-21-8-5-12-25(28)13-11-22(19(21)25)15-6-3-4-7-17(15)24(20(27)30-2)23(16,22)10-9-21/h3-4,6-7,16,19H,5,8-14H2,1-2H3/t16?,19-,21+,22?,23+,25?/m0/s1. The Hall–Kier alpha value is -2.12. The summed E-state index contributed by atoms with van der Waals surface area (Å²) in [6, 6.07) is 7.81. The van der Waals surface area contributed by atoms with Crippen molar-refractivity contribution in [3.8, 4) is 0 Å². The molecule has 7 nitrogen and oxygen atoms in total. The molecule has 3 unspecified atom stereocenters. The van der Waals surface area contributed by atoms with Crippen LogP contribution in [-0.2, 0) is 19.7 Å². The van der Waals surface area contributed by atoms with Crippen LogP contribution in [0.4, 0.5) is 10.5 Å². The monoisotopic (exact) mass is 412 g/mol. The zero-order chi connectivity index (χ0) is 20.9. The number of methoxy groups -OCH3 is 2. The van der Waals surface area contributed by atoms with Crippen LogP contribution in [0.25, 0.3) is 0 Å². The molecule has 160 valence electrons. The van der Waals surface area contributed by atoms with Crippen LogP contribution in [0.15, 0.2) is 24.3 Å². The smallest absolute Gasteiger partial charge is 0.414 e. The van der Waals surface area contributed by atoms with E-state index >= 15 is 0 Å². The van der Waals surface area contributed by atoms with Gasteiger partial charge >= 0.3 is 12.1 Å². The number of quaternary nitrogens is 1. The van der Waals surface area contributed by atoms with Crippen molar-refractivity contribution in [2.45, 2.75) is 55.5 Å². The summed E-state index contributed by atoms with van der Waals surface area (Å²) < 4.78 is 10.4. The summed E-state index contributed by atoms with van der Waals surface area (Å²) in [5.74, 6) is -0.723. The number of anilines is 1. The predicted octanol–water partition coefficient (Wildman–Crippen LogP) is 3.10. The topological polar surface area (TPSA) is 78.9 Å². The lowest BCUT2D eigenvalue weighted by atomic mass is 9.38. The van der Waals surface area contributed by atoms with E-state index in [1.54, 1.807) is 4.90 Å². The van der Waals surface area contributed by atoms with E-state index < -0.39 is 23.0 Å². The van der Waals surface area contributed by atoms with Gasteiger partial charge in [-0.3, -0.25) is 9.69 Å². The highest BCUT2D eigenvalue weighted by molar-refractivity contribution is 5.97. The van der Waals surface area contributed by atoms with Crippen LogP contribution in [0.3, 0.4) is 0 Å². The number of esters is 1. The minimum atomic E-state index is -0.801. The second-order valence-corrected chi connectivity index (χ2v) is 10.0. The first-order valence-corrected chi connectivity index (χ1v) is 11.0. The fourth-order valence-corrected chi connectivity index (χ4v) is 8.90. The molecule has 6 aliphatic rings. The van der Waals surface area contributed by atoms with Gasteiger partial charge < -0.3 is 19.3 Å². The van der Waals surface area contributed by atoms with Gasteiger partial charge in [-0.15, -0.1) is 0 Å². The maximum Gasteiger partial charge on any atom is 0.414 e. The Bertz CT molecular complexity index is 967. The second-order valence-electron chi connectivity index (χ2n) is 10.0. The van der Waals surface area contributed by atoms with Gasteiger partial charge in [-0.2, -0.15) is 0 Å². The number of hydrogen-bond acceptors (Lipinski definition) is 5. The van der Waals surface area contributed by atoms with E-state index in [-0.39, 0.29) is 22.1 Å². The number of carbonyl (C=O) groups excluding carboxylic acids is 2. The van der Waals surface area contributed by atoms with Crippen LogP contribution in [0.2, 0.25) is 0 Å². The molecule has 5 fully saturated rings. The van der Waals surface area contributed by atoms with Gasteiger partial charge in [-0.1, -0.05) is 18.2 Å². The quantitative estimate of drug-likeness (QED) is 0.402. The molecule has 7 rings (SSSR count). The van der Waals surface area contributed by atoms with Gasteiger partial charge in [0.25, 0.3) is 0 Å². The van der Waals surface area contributed by atoms with Gasteiger partial charge in [0, 0.05) is 11.8 Å². The third-order valence-electron chi connectivity index (χ3n) is 9.44. The number of para-hydroxylation sites is 1. The molecule has 2 saturated heterocycles. The predicted molar refractivity (Wildman–Crippen MR) is 109 cm³/mol. The van der Waals surface area contributed by atoms with Crippen LogP contribution in [0.1, 0.15) is 44.1 Å². The number of benzene rings is 1. The van der Waals surface area contributed by atoms with Gasteiger partial charge in [0.2, 0.25) is 0 Å². The molecule has 1 aromatic rings. The van der Waals surface area contributed by atoms with Crippen molar-refractivity contribution in [1.29, 1.82) is 0 Å². The number of hydroxylamine groups is 3. The van der Waals surface area contributed by atoms with Crippen molar-refractivity contribution in [2.75, 3.05) is 32.2 Å². The Kier molecular flexibility index (Phi) is 3.46. The molecule has 0 N–H and O–H groups in total. The molecule has 0 aromatic heterocycles. The van der Waals surface area contributed by atoms with Crippen molar-refractivity contribution in [2.24, 2.45) is 11.3 Å². The zero-order valence-electron chi connectivity index (χ0n) is 17.6. The summed E-state index contributed by atoms with van der Waals surface area (Å²) in [6.45, 7) is 1.18.